The van der Waals surface area contributed by atoms with Crippen LogP contribution in [0.2, 0.25) is 0 Å². The van der Waals surface area contributed by atoms with Crippen molar-refractivity contribution in [3.05, 3.63) is 191 Å². The van der Waals surface area contributed by atoms with E-state index in [2.05, 4.69) is 60.1 Å². The van der Waals surface area contributed by atoms with Crippen molar-refractivity contribution >= 4 is 65.9 Å². The zero-order chi connectivity index (χ0) is 60.0. The Morgan fingerprint density at radius 3 is 1.70 bits per heavy atom. The van der Waals surface area contributed by atoms with Gasteiger partial charge in [-0.2, -0.15) is 0 Å². The molecule has 0 bridgehead atoms. The van der Waals surface area contributed by atoms with E-state index in [1.54, 1.807) is 67.5 Å². The van der Waals surface area contributed by atoms with E-state index >= 15 is 0 Å². The number of hydrogen-bond acceptors (Lipinski definition) is 4. The molecule has 0 aliphatic heterocycles. The van der Waals surface area contributed by atoms with E-state index in [0.717, 1.165) is 49.8 Å². The zero-order valence-electron chi connectivity index (χ0n) is 53.4. The van der Waals surface area contributed by atoms with Crippen LogP contribution in [0.25, 0.3) is 99.7 Å². The predicted octanol–water partition coefficient (Wildman–Crippen LogP) is 14.9. The molecule has 0 radical (unpaired) electrons. The Morgan fingerprint density at radius 1 is 0.486 bits per heavy atom. The van der Waals surface area contributed by atoms with Crippen molar-refractivity contribution in [2.24, 2.45) is 21.1 Å². The maximum Gasteiger partial charge on any atom is 0.227 e. The number of hydrogen-bond donors (Lipinski definition) is 0. The number of furan rings is 3. The van der Waals surface area contributed by atoms with Gasteiger partial charge in [-0.3, -0.25) is 0 Å². The minimum absolute atomic E-state index is 0.213. The van der Waals surface area contributed by atoms with Gasteiger partial charge in [0, 0.05) is 92.2 Å². The normalized spacial score (nSPS) is 15.9. The van der Waals surface area contributed by atoms with Gasteiger partial charge in [0.05, 0.1) is 16.7 Å². The molecule has 12 rings (SSSR count). The summed E-state index contributed by atoms with van der Waals surface area (Å²) in [6, 6.07) is 37.6. The Hall–Kier alpha value is -7.90. The van der Waals surface area contributed by atoms with Crippen LogP contribution in [0.3, 0.4) is 0 Å². The molecule has 0 aliphatic carbocycles. The molecule has 1 atom stereocenters. The SMILES string of the molecule is Cc1ccc2c(oc3ncccc32)c1-c1cccc[n+]1C.[2H]C([2H])([2H])c1c[n+](C)c(-c2c(C)cc(C([2H])([2H])[2H])c3c2oc2ccccc23)cc1C.[2H]C([2H])([2H])c1cc(C)c(-c2cc(C([2H])(C)C([2H])([2H])[2H])cc[n+]2C)c2oc3ccccc3c12. The Bertz CT molecular complexity index is 4520. The van der Waals surface area contributed by atoms with Crippen molar-refractivity contribution < 1.29 is 44.8 Å². The Balaban J connectivity index is 0.000000142. The number of fused-ring (bicyclic) bond motifs is 9. The van der Waals surface area contributed by atoms with Crippen molar-refractivity contribution in [1.29, 1.82) is 0 Å². The molecule has 0 N–H and O–H groups in total. The van der Waals surface area contributed by atoms with E-state index in [1.165, 1.54) is 12.5 Å². The lowest BCUT2D eigenvalue weighted by molar-refractivity contribution is -0.660. The van der Waals surface area contributed by atoms with Gasteiger partial charge in [-0.1, -0.05) is 74.4 Å². The molecule has 5 aromatic carbocycles. The van der Waals surface area contributed by atoms with E-state index in [4.69, 9.17) is 31.1 Å². The molecule has 12 aromatic rings. The second-order valence-corrected chi connectivity index (χ2v) is 18.0. The maximum absolute atomic E-state index is 8.50. The molecule has 0 fully saturated rings. The number of pyridine rings is 4. The van der Waals surface area contributed by atoms with Crippen molar-refractivity contribution in [3.63, 3.8) is 0 Å². The van der Waals surface area contributed by atoms with Gasteiger partial charge >= 0.3 is 0 Å². The van der Waals surface area contributed by atoms with Crippen LogP contribution in [0.5, 0.6) is 0 Å². The first-order chi connectivity index (χ1) is 38.9. The molecule has 0 amide bonds. The Morgan fingerprint density at radius 2 is 1.07 bits per heavy atom. The van der Waals surface area contributed by atoms with Gasteiger partial charge in [0.25, 0.3) is 0 Å². The van der Waals surface area contributed by atoms with Gasteiger partial charge in [0.15, 0.2) is 24.2 Å². The average molecular weight is 935 g/mol. The van der Waals surface area contributed by atoms with Crippen LogP contribution in [-0.4, -0.2) is 4.98 Å². The highest BCUT2D eigenvalue weighted by molar-refractivity contribution is 6.13. The van der Waals surface area contributed by atoms with E-state index in [1.807, 2.05) is 86.1 Å². The third-order valence-corrected chi connectivity index (χ3v) is 13.2. The summed E-state index contributed by atoms with van der Waals surface area (Å²) in [7, 11) is 5.66. The van der Waals surface area contributed by atoms with Crippen LogP contribution in [0.4, 0.5) is 0 Å². The lowest BCUT2D eigenvalue weighted by Gasteiger charge is -2.10. The van der Waals surface area contributed by atoms with Crippen LogP contribution < -0.4 is 13.7 Å². The van der Waals surface area contributed by atoms with E-state index in [0.29, 0.717) is 72.2 Å². The van der Waals surface area contributed by atoms with Crippen molar-refractivity contribution in [1.82, 2.24) is 4.98 Å². The zero-order valence-corrected chi connectivity index (χ0v) is 40.4. The third kappa shape index (κ3) is 7.99. The quantitative estimate of drug-likeness (QED) is 0.165. The second-order valence-electron chi connectivity index (χ2n) is 18.0. The maximum atomic E-state index is 8.50. The number of benzene rings is 5. The van der Waals surface area contributed by atoms with Crippen LogP contribution in [0.1, 0.15) is 82.0 Å². The van der Waals surface area contributed by atoms with Gasteiger partial charge in [-0.05, 0) is 123 Å². The van der Waals surface area contributed by atoms with E-state index in [-0.39, 0.29) is 16.7 Å². The summed E-state index contributed by atoms with van der Waals surface area (Å²) in [6.07, 6.45) is 7.15. The smallest absolute Gasteiger partial charge is 0.227 e. The summed E-state index contributed by atoms with van der Waals surface area (Å²) in [6.45, 7) is -0.432. The van der Waals surface area contributed by atoms with Gasteiger partial charge in [-0.15, -0.1) is 0 Å². The first-order valence-corrected chi connectivity index (χ1v) is 23.0. The fourth-order valence-corrected chi connectivity index (χ4v) is 9.62. The van der Waals surface area contributed by atoms with Gasteiger partial charge in [0.2, 0.25) is 22.8 Å². The topological polar surface area (TPSA) is 64.0 Å². The fourth-order valence-electron chi connectivity index (χ4n) is 9.62. The van der Waals surface area contributed by atoms with E-state index < -0.39 is 33.3 Å². The average Bonchev–Trinajstić information content (AvgIpc) is 4.08. The second kappa shape index (κ2) is 18.2. The Kier molecular flexibility index (Phi) is 8.53. The molecule has 7 heteroatoms. The lowest BCUT2D eigenvalue weighted by Crippen LogP contribution is -2.31. The molecule has 0 saturated heterocycles. The summed E-state index contributed by atoms with van der Waals surface area (Å²) in [5.41, 5.74) is 13.2. The minimum Gasteiger partial charge on any atom is -0.455 e. The third-order valence-electron chi connectivity index (χ3n) is 13.2. The molecule has 0 spiro atoms. The summed E-state index contributed by atoms with van der Waals surface area (Å²) >= 11 is 0. The highest BCUT2D eigenvalue weighted by atomic mass is 16.3. The first kappa shape index (κ1) is 32.8. The molecule has 7 nitrogen and oxygen atoms in total. The summed E-state index contributed by atoms with van der Waals surface area (Å²) in [5.74, 6) is -1.81. The van der Waals surface area contributed by atoms with Gasteiger partial charge < -0.3 is 13.3 Å². The van der Waals surface area contributed by atoms with Gasteiger partial charge in [0.1, 0.15) is 43.5 Å². The van der Waals surface area contributed by atoms with Crippen LogP contribution in [0.15, 0.2) is 159 Å². The van der Waals surface area contributed by atoms with Crippen LogP contribution in [-0.2, 0) is 21.1 Å². The molecule has 0 aliphatic rings. The summed E-state index contributed by atoms with van der Waals surface area (Å²) < 4.78 is 128. The molecular formula is C63H61N4O3+3. The number of nitrogens with zero attached hydrogens (tertiary/aromatic N) is 4. The Labute approximate surface area is 428 Å². The molecule has 0 saturated carbocycles. The first-order valence-electron chi connectivity index (χ1n) is 29.5. The number of para-hydroxylation sites is 2. The highest BCUT2D eigenvalue weighted by Gasteiger charge is 2.25. The highest BCUT2D eigenvalue weighted by Crippen LogP contribution is 2.41. The van der Waals surface area contributed by atoms with Crippen molar-refractivity contribution in [2.75, 3.05) is 0 Å². The van der Waals surface area contributed by atoms with Crippen molar-refractivity contribution in [3.8, 4) is 33.8 Å². The monoisotopic (exact) mass is 935 g/mol. The number of rotatable bonds is 4. The molecule has 348 valence electrons. The van der Waals surface area contributed by atoms with Crippen LogP contribution >= 0.6 is 0 Å². The largest absolute Gasteiger partial charge is 0.455 e. The lowest BCUT2D eigenvalue weighted by atomic mass is 9.95. The standard InChI is InChI=1S/C23H24NO.C22H22NO.C18H15N2O/c1-14(2)17-10-11-24(5)19(13-17)22-16(4)12-15(3)21-18-8-6-7-9-20(18)25-23(21)22;1-13-11-18(23(5)12-16(13)4)21-15(3)10-14(2)20-17-8-6-7-9-19(17)24-22(20)21;1-12-8-9-13-14-6-5-10-19-18(14)21-17(13)16(12)15-7-3-4-11-20(15)2/h6-14H,1-5H3;6-12H,1-5H3;3-11H,1-2H3/q3*+1/i1D3,3D3,14D;2D3,4D3;. The fraction of sp³-hybridized carbons (Fsp3) is 0.206. The van der Waals surface area contributed by atoms with Gasteiger partial charge in [-0.25, -0.2) is 18.7 Å². The predicted molar refractivity (Wildman–Crippen MR) is 286 cm³/mol. The molecule has 7 heterocycles. The number of aromatic nitrogens is 4. The summed E-state index contributed by atoms with van der Waals surface area (Å²) in [4.78, 5) is 4.33. The van der Waals surface area contributed by atoms with E-state index in [9.17, 15) is 0 Å². The molecule has 7 aromatic heterocycles. The van der Waals surface area contributed by atoms with Crippen LogP contribution in [0, 0.1) is 48.3 Å². The summed E-state index contributed by atoms with van der Waals surface area (Å²) in [5, 5.41) is 4.73. The molecule has 70 heavy (non-hydrogen) atoms. The molecular weight excluding hydrogens is 861 g/mol. The molecule has 1 unspecified atom stereocenters. The van der Waals surface area contributed by atoms with Crippen molar-refractivity contribution in [2.45, 2.75) is 67.9 Å². The minimum atomic E-state index is -2.51. The number of aryl methyl sites for hydroxylation is 10.